The van der Waals surface area contributed by atoms with Crippen LogP contribution in [0.15, 0.2) is 91.0 Å². The second-order valence-electron chi connectivity index (χ2n) is 10.3. The fourth-order valence-electron chi connectivity index (χ4n) is 5.94. The molecule has 4 aromatic carbocycles. The third kappa shape index (κ3) is 3.44. The van der Waals surface area contributed by atoms with Crippen molar-refractivity contribution < 1.29 is 19.2 Å². The van der Waals surface area contributed by atoms with E-state index in [2.05, 4.69) is 0 Å². The van der Waals surface area contributed by atoms with Gasteiger partial charge in [0.1, 0.15) is 0 Å². The van der Waals surface area contributed by atoms with E-state index >= 15 is 0 Å². The first-order valence-corrected chi connectivity index (χ1v) is 14.1. The Morgan fingerprint density at radius 2 is 1.15 bits per heavy atom. The van der Waals surface area contributed by atoms with Gasteiger partial charge < -0.3 is 0 Å². The molecule has 6 nitrogen and oxygen atoms in total. The van der Waals surface area contributed by atoms with Crippen LogP contribution in [0, 0.1) is 0 Å². The SMILES string of the molecule is O=C1c2cc3ccccc3cc2C(=O)C1c1ccc2c(n1)C(N1C(=O)c3cc4ccccc4cc3C1=O)=CC=[P+]=C2. The molecule has 0 unspecified atom stereocenters. The number of Topliss-reactive ketones (excluding diaryl/α,β-unsaturated/α-hetero) is 2. The summed E-state index contributed by atoms with van der Waals surface area (Å²) in [5, 5.41) is 3.51. The van der Waals surface area contributed by atoms with Crippen LogP contribution in [-0.2, 0) is 0 Å². The van der Waals surface area contributed by atoms with E-state index < -0.39 is 17.7 Å². The van der Waals surface area contributed by atoms with Gasteiger partial charge in [-0.25, -0.2) is 0 Å². The molecule has 41 heavy (non-hydrogen) atoms. The van der Waals surface area contributed by atoms with Crippen molar-refractivity contribution in [2.24, 2.45) is 0 Å². The van der Waals surface area contributed by atoms with Crippen molar-refractivity contribution in [3.63, 3.8) is 0 Å². The van der Waals surface area contributed by atoms with Crippen LogP contribution in [0.4, 0.5) is 0 Å². The molecule has 0 N–H and O–H groups in total. The number of aromatic nitrogens is 1. The molecule has 3 aliphatic rings. The van der Waals surface area contributed by atoms with Crippen LogP contribution in [0.3, 0.4) is 0 Å². The molecule has 0 fully saturated rings. The fraction of sp³-hybridized carbons (Fsp3) is 0.0294. The maximum atomic E-state index is 13.7. The Morgan fingerprint density at radius 3 is 1.68 bits per heavy atom. The van der Waals surface area contributed by atoms with Gasteiger partial charge in [0.05, 0.1) is 0 Å². The second-order valence-corrected chi connectivity index (χ2v) is 11.1. The van der Waals surface area contributed by atoms with Crippen LogP contribution in [0.2, 0.25) is 0 Å². The molecule has 2 amide bonds. The molecular formula is C34H18N2O4P+. The van der Waals surface area contributed by atoms with Crippen LogP contribution >= 0.6 is 7.83 Å². The molecule has 0 saturated carbocycles. The van der Waals surface area contributed by atoms with Crippen molar-refractivity contribution in [2.75, 3.05) is 0 Å². The summed E-state index contributed by atoms with van der Waals surface area (Å²) in [5.41, 5.74) is 3.14. The van der Waals surface area contributed by atoms with Gasteiger partial charge in [-0.1, -0.05) is 0 Å². The summed E-state index contributed by atoms with van der Waals surface area (Å²) in [5.74, 6) is 1.20. The molecule has 2 aliphatic heterocycles. The van der Waals surface area contributed by atoms with Gasteiger partial charge in [-0.3, -0.25) is 0 Å². The Kier molecular flexibility index (Phi) is 5.06. The number of carbonyl (C=O) groups is 4. The molecule has 192 valence electrons. The van der Waals surface area contributed by atoms with Crippen LogP contribution in [0.1, 0.15) is 64.3 Å². The van der Waals surface area contributed by atoms with E-state index in [1.165, 1.54) is 0 Å². The number of rotatable bonds is 2. The standard InChI is InChI=1S/C34H18N2O4P/c37-31-23-13-18-5-1-2-6-19(18)14-24(23)32(38)29(31)27-10-9-22-17-41-12-11-28(30(22)35-27)36-33(39)25-15-20-7-3-4-8-21(20)16-26(25)34(36)40/h1-17,29H/q+1. The van der Waals surface area contributed by atoms with E-state index in [1.54, 1.807) is 42.5 Å². The second kappa shape index (κ2) is 8.72. The summed E-state index contributed by atoms with van der Waals surface area (Å²) < 4.78 is 0. The molecule has 0 atom stereocenters. The number of pyridine rings is 1. The van der Waals surface area contributed by atoms with Crippen LogP contribution in [-0.4, -0.2) is 44.9 Å². The Hall–Kier alpha value is -5.06. The van der Waals surface area contributed by atoms with E-state index in [4.69, 9.17) is 4.98 Å². The molecule has 8 rings (SSSR count). The van der Waals surface area contributed by atoms with Gasteiger partial charge in [-0.2, -0.15) is 0 Å². The minimum atomic E-state index is -1.09. The Morgan fingerprint density at radius 1 is 0.634 bits per heavy atom. The topological polar surface area (TPSA) is 84.4 Å². The zero-order chi connectivity index (χ0) is 27.8. The molecule has 0 saturated heterocycles. The number of hydrogen-bond donors (Lipinski definition) is 0. The average molecular weight is 550 g/mol. The van der Waals surface area contributed by atoms with Gasteiger partial charge in [-0.15, -0.1) is 0 Å². The summed E-state index contributed by atoms with van der Waals surface area (Å²) >= 11 is 0. The minimum absolute atomic E-state index is 0.291. The third-order valence-corrected chi connectivity index (χ3v) is 8.70. The number of ketones is 2. The summed E-state index contributed by atoms with van der Waals surface area (Å²) in [6, 6.07) is 25.7. The number of amides is 2. The molecule has 7 heteroatoms. The van der Waals surface area contributed by atoms with Crippen molar-refractivity contribution >= 4 is 70.0 Å². The number of nitrogens with zero attached hydrogens (tertiary/aromatic N) is 2. The van der Waals surface area contributed by atoms with Crippen LogP contribution in [0.5, 0.6) is 0 Å². The van der Waals surface area contributed by atoms with E-state index in [9.17, 15) is 19.2 Å². The van der Waals surface area contributed by atoms with Gasteiger partial charge in [0.25, 0.3) is 0 Å². The molecular weight excluding hydrogens is 531 g/mol. The molecule has 0 spiro atoms. The first-order chi connectivity index (χ1) is 20.0. The molecule has 1 aromatic heterocycles. The van der Waals surface area contributed by atoms with Crippen molar-refractivity contribution in [1.29, 1.82) is 0 Å². The first kappa shape index (κ1) is 23.8. The fourth-order valence-corrected chi connectivity index (χ4v) is 6.63. The normalized spacial score (nSPS) is 16.1. The average Bonchev–Trinajstić information content (AvgIpc) is 3.26. The number of carbonyl (C=O) groups excluding carboxylic acids is 4. The number of allylic oxidation sites excluding steroid dienone is 1. The van der Waals surface area contributed by atoms with Gasteiger partial charge in [0.2, 0.25) is 0 Å². The Labute approximate surface area is 235 Å². The van der Waals surface area contributed by atoms with Gasteiger partial charge in [-0.05, 0) is 0 Å². The van der Waals surface area contributed by atoms with Gasteiger partial charge in [0.15, 0.2) is 0 Å². The predicted molar refractivity (Wildman–Crippen MR) is 160 cm³/mol. The van der Waals surface area contributed by atoms with Crippen molar-refractivity contribution in [3.05, 3.63) is 130 Å². The number of hydrogen-bond acceptors (Lipinski definition) is 5. The molecule has 3 heterocycles. The van der Waals surface area contributed by atoms with E-state index in [-0.39, 0.29) is 11.6 Å². The van der Waals surface area contributed by atoms with Crippen molar-refractivity contribution in [3.8, 4) is 0 Å². The third-order valence-electron chi connectivity index (χ3n) is 7.95. The maximum absolute atomic E-state index is 13.7. The monoisotopic (exact) mass is 549 g/mol. The Bertz CT molecular complexity index is 2080. The summed E-state index contributed by atoms with van der Waals surface area (Å²) in [6.07, 6.45) is 1.71. The van der Waals surface area contributed by atoms with Crippen LogP contribution < -0.4 is 0 Å². The molecule has 1 aliphatic carbocycles. The number of imide groups is 1. The van der Waals surface area contributed by atoms with Crippen molar-refractivity contribution in [1.82, 2.24) is 9.88 Å². The zero-order valence-electron chi connectivity index (χ0n) is 21.4. The first-order valence-electron chi connectivity index (χ1n) is 13.1. The van der Waals surface area contributed by atoms with Gasteiger partial charge >= 0.3 is 235 Å². The van der Waals surface area contributed by atoms with Crippen molar-refractivity contribution in [2.45, 2.75) is 5.92 Å². The zero-order valence-corrected chi connectivity index (χ0v) is 22.3. The summed E-state index contributed by atoms with van der Waals surface area (Å²) in [6.45, 7) is 0. The molecule has 5 aromatic rings. The number of benzene rings is 4. The van der Waals surface area contributed by atoms with Crippen LogP contribution in [0.25, 0.3) is 27.2 Å². The summed E-state index contributed by atoms with van der Waals surface area (Å²) in [7, 11) is 0.846. The quantitative estimate of drug-likeness (QED) is 0.151. The van der Waals surface area contributed by atoms with E-state index in [0.717, 1.165) is 34.3 Å². The molecule has 0 bridgehead atoms. The van der Waals surface area contributed by atoms with E-state index in [1.807, 2.05) is 60.1 Å². The molecule has 0 radical (unpaired) electrons. The predicted octanol–water partition coefficient (Wildman–Crippen LogP) is 6.10. The number of fused-ring (bicyclic) bond motifs is 5. The van der Waals surface area contributed by atoms with Gasteiger partial charge in [0, 0.05) is 0 Å². The van der Waals surface area contributed by atoms with E-state index in [0.29, 0.717) is 44.9 Å². The Balaban J connectivity index is 1.23. The summed E-state index contributed by atoms with van der Waals surface area (Å²) in [4.78, 5) is 60.5.